The number of primary sulfonamides is 1. The lowest BCUT2D eigenvalue weighted by Crippen LogP contribution is -2.14. The van der Waals surface area contributed by atoms with Gasteiger partial charge in [0.1, 0.15) is 5.65 Å². The van der Waals surface area contributed by atoms with Gasteiger partial charge in [0, 0.05) is 18.6 Å². The first-order chi connectivity index (χ1) is 6.89. The molecule has 0 aromatic carbocycles. The fourth-order valence-corrected chi connectivity index (χ4v) is 2.07. The third kappa shape index (κ3) is 1.62. The van der Waals surface area contributed by atoms with Crippen LogP contribution in [0.15, 0.2) is 23.4 Å². The molecule has 5 nitrogen and oxygen atoms in total. The van der Waals surface area contributed by atoms with Crippen molar-refractivity contribution >= 4 is 21.1 Å². The van der Waals surface area contributed by atoms with E-state index in [2.05, 4.69) is 4.98 Å². The highest BCUT2D eigenvalue weighted by molar-refractivity contribution is 7.89. The molecule has 2 aromatic heterocycles. The number of aromatic nitrogens is 2. The van der Waals surface area contributed by atoms with Crippen LogP contribution in [0.2, 0.25) is 0 Å². The highest BCUT2D eigenvalue weighted by atomic mass is 32.2. The van der Waals surface area contributed by atoms with Crippen LogP contribution < -0.4 is 5.14 Å². The Kier molecular flexibility index (Phi) is 2.06. The van der Waals surface area contributed by atoms with Crippen molar-refractivity contribution in [3.05, 3.63) is 23.9 Å². The normalized spacial score (nSPS) is 12.2. The van der Waals surface area contributed by atoms with Gasteiger partial charge in [-0.3, -0.25) is 0 Å². The van der Waals surface area contributed by atoms with Crippen LogP contribution in [0.5, 0.6) is 0 Å². The van der Waals surface area contributed by atoms with Gasteiger partial charge in [-0.1, -0.05) is 0 Å². The minimum atomic E-state index is -3.74. The zero-order valence-corrected chi connectivity index (χ0v) is 9.25. The Morgan fingerprint density at radius 1 is 1.47 bits per heavy atom. The molecule has 0 bridgehead atoms. The molecule has 2 heterocycles. The molecule has 0 aliphatic heterocycles. The summed E-state index contributed by atoms with van der Waals surface area (Å²) in [6.45, 7) is 1.83. The first kappa shape index (κ1) is 10.1. The van der Waals surface area contributed by atoms with Crippen molar-refractivity contribution in [3.8, 4) is 0 Å². The van der Waals surface area contributed by atoms with Crippen LogP contribution in [0.3, 0.4) is 0 Å². The second-order valence-electron chi connectivity index (χ2n) is 3.49. The highest BCUT2D eigenvalue weighted by Crippen LogP contribution is 2.19. The van der Waals surface area contributed by atoms with E-state index in [1.54, 1.807) is 4.57 Å². The van der Waals surface area contributed by atoms with Crippen molar-refractivity contribution in [1.82, 2.24) is 9.55 Å². The van der Waals surface area contributed by atoms with E-state index < -0.39 is 10.0 Å². The summed E-state index contributed by atoms with van der Waals surface area (Å²) in [5.41, 5.74) is 1.48. The van der Waals surface area contributed by atoms with Crippen molar-refractivity contribution in [2.24, 2.45) is 12.2 Å². The monoisotopic (exact) mass is 225 g/mol. The largest absolute Gasteiger partial charge is 0.336 e. The first-order valence-corrected chi connectivity index (χ1v) is 5.90. The summed E-state index contributed by atoms with van der Waals surface area (Å²) in [6.07, 6.45) is 1.83. The zero-order chi connectivity index (χ0) is 11.2. The van der Waals surface area contributed by atoms with Crippen LogP contribution in [-0.4, -0.2) is 18.0 Å². The van der Waals surface area contributed by atoms with Gasteiger partial charge >= 0.3 is 0 Å². The van der Waals surface area contributed by atoms with Gasteiger partial charge in [0.15, 0.2) is 5.03 Å². The third-order valence-electron chi connectivity index (χ3n) is 2.31. The number of nitrogens with two attached hydrogens (primary N) is 1. The summed E-state index contributed by atoms with van der Waals surface area (Å²) in [5.74, 6) is 0. The molecular weight excluding hydrogens is 214 g/mol. The standard InChI is InChI=1S/C9H11N3O2S/c1-6-5-8(15(10,13)14)11-9-7(6)3-4-12(9)2/h3-5H,1-2H3,(H2,10,13,14). The molecule has 0 saturated carbocycles. The van der Waals surface area contributed by atoms with Gasteiger partial charge in [-0.2, -0.15) is 0 Å². The van der Waals surface area contributed by atoms with E-state index >= 15 is 0 Å². The summed E-state index contributed by atoms with van der Waals surface area (Å²) in [7, 11) is -1.93. The van der Waals surface area contributed by atoms with Gasteiger partial charge in [-0.05, 0) is 24.6 Å². The summed E-state index contributed by atoms with van der Waals surface area (Å²) in [4.78, 5) is 4.02. The molecule has 15 heavy (non-hydrogen) atoms. The average Bonchev–Trinajstić information content (AvgIpc) is 2.47. The van der Waals surface area contributed by atoms with Gasteiger partial charge < -0.3 is 4.57 Å². The van der Waals surface area contributed by atoms with Crippen molar-refractivity contribution in [3.63, 3.8) is 0 Å². The molecule has 80 valence electrons. The van der Waals surface area contributed by atoms with Crippen molar-refractivity contribution in [2.75, 3.05) is 0 Å². The summed E-state index contributed by atoms with van der Waals surface area (Å²) in [6, 6.07) is 3.38. The van der Waals surface area contributed by atoms with Crippen LogP contribution >= 0.6 is 0 Å². The molecule has 0 fully saturated rings. The molecular formula is C9H11N3O2S. The van der Waals surface area contributed by atoms with Crippen LogP contribution in [0, 0.1) is 6.92 Å². The zero-order valence-electron chi connectivity index (χ0n) is 8.43. The number of hydrogen-bond acceptors (Lipinski definition) is 3. The summed E-state index contributed by atoms with van der Waals surface area (Å²) in [5, 5.41) is 5.88. The SMILES string of the molecule is Cc1cc(S(N)(=O)=O)nc2c1ccn2C. The summed E-state index contributed by atoms with van der Waals surface area (Å²) < 4.78 is 24.1. The number of fused-ring (bicyclic) bond motifs is 1. The molecule has 2 N–H and O–H groups in total. The number of pyridine rings is 1. The fraction of sp³-hybridized carbons (Fsp3) is 0.222. The van der Waals surface area contributed by atoms with E-state index in [9.17, 15) is 8.42 Å². The quantitative estimate of drug-likeness (QED) is 0.769. The topological polar surface area (TPSA) is 78.0 Å². The van der Waals surface area contributed by atoms with Gasteiger partial charge in [0.2, 0.25) is 0 Å². The molecule has 0 radical (unpaired) electrons. The van der Waals surface area contributed by atoms with E-state index in [-0.39, 0.29) is 5.03 Å². The molecule has 0 aliphatic rings. The molecule has 0 atom stereocenters. The Morgan fingerprint density at radius 2 is 2.13 bits per heavy atom. The maximum atomic E-state index is 11.2. The van der Waals surface area contributed by atoms with Crippen LogP contribution in [0.4, 0.5) is 0 Å². The molecule has 6 heteroatoms. The van der Waals surface area contributed by atoms with Crippen LogP contribution in [0.1, 0.15) is 5.56 Å². The Bertz CT molecular complexity index is 628. The molecule has 0 aliphatic carbocycles. The van der Waals surface area contributed by atoms with Gasteiger partial charge in [0.05, 0.1) is 0 Å². The predicted molar refractivity (Wildman–Crippen MR) is 56.8 cm³/mol. The van der Waals surface area contributed by atoms with E-state index in [1.807, 2.05) is 26.2 Å². The fourth-order valence-electron chi connectivity index (χ4n) is 1.51. The number of sulfonamides is 1. The minimum absolute atomic E-state index is 0.0886. The van der Waals surface area contributed by atoms with Gasteiger partial charge in [0.25, 0.3) is 10.0 Å². The van der Waals surface area contributed by atoms with E-state index in [4.69, 9.17) is 5.14 Å². The smallest absolute Gasteiger partial charge is 0.255 e. The second-order valence-corrected chi connectivity index (χ2v) is 4.99. The number of nitrogens with zero attached hydrogens (tertiary/aromatic N) is 2. The minimum Gasteiger partial charge on any atom is -0.336 e. The first-order valence-electron chi connectivity index (χ1n) is 4.35. The van der Waals surface area contributed by atoms with Crippen molar-refractivity contribution < 1.29 is 8.42 Å². The molecule has 2 rings (SSSR count). The highest BCUT2D eigenvalue weighted by Gasteiger charge is 2.13. The predicted octanol–water partition coefficient (Wildman–Crippen LogP) is 0.529. The Morgan fingerprint density at radius 3 is 2.73 bits per heavy atom. The van der Waals surface area contributed by atoms with E-state index in [1.165, 1.54) is 6.07 Å². The second kappa shape index (κ2) is 3.04. The summed E-state index contributed by atoms with van der Waals surface area (Å²) >= 11 is 0. The Balaban J connectivity index is 2.88. The number of hydrogen-bond donors (Lipinski definition) is 1. The molecule has 0 spiro atoms. The average molecular weight is 225 g/mol. The van der Waals surface area contributed by atoms with E-state index in [0.717, 1.165) is 10.9 Å². The van der Waals surface area contributed by atoms with Crippen LogP contribution in [0.25, 0.3) is 11.0 Å². The molecule has 0 amide bonds. The van der Waals surface area contributed by atoms with Crippen molar-refractivity contribution in [2.45, 2.75) is 11.9 Å². The van der Waals surface area contributed by atoms with Gasteiger partial charge in [-0.25, -0.2) is 18.5 Å². The van der Waals surface area contributed by atoms with E-state index in [0.29, 0.717) is 5.65 Å². The lowest BCUT2D eigenvalue weighted by molar-refractivity contribution is 0.594. The molecule has 2 aromatic rings. The number of aryl methyl sites for hydroxylation is 2. The Hall–Kier alpha value is -1.40. The lowest BCUT2D eigenvalue weighted by Gasteiger charge is -2.02. The van der Waals surface area contributed by atoms with Crippen LogP contribution in [-0.2, 0) is 17.1 Å². The van der Waals surface area contributed by atoms with Crippen molar-refractivity contribution in [1.29, 1.82) is 0 Å². The third-order valence-corrected chi connectivity index (χ3v) is 3.10. The lowest BCUT2D eigenvalue weighted by atomic mass is 10.2. The maximum absolute atomic E-state index is 11.2. The number of rotatable bonds is 1. The molecule has 0 saturated heterocycles. The molecule has 0 unspecified atom stereocenters. The maximum Gasteiger partial charge on any atom is 0.255 e. The van der Waals surface area contributed by atoms with Gasteiger partial charge in [-0.15, -0.1) is 0 Å². The Labute approximate surface area is 87.6 Å².